The summed E-state index contributed by atoms with van der Waals surface area (Å²) in [7, 11) is 0. The van der Waals surface area contributed by atoms with Crippen LogP contribution < -0.4 is 16.0 Å². The van der Waals surface area contributed by atoms with Crippen molar-refractivity contribution in [3.8, 4) is 6.07 Å². The van der Waals surface area contributed by atoms with Crippen molar-refractivity contribution in [2.24, 2.45) is 11.8 Å². The Morgan fingerprint density at radius 3 is 2.61 bits per heavy atom. The van der Waals surface area contributed by atoms with Crippen LogP contribution in [0.2, 0.25) is 0 Å². The first-order valence-electron chi connectivity index (χ1n) is 10.6. The van der Waals surface area contributed by atoms with Gasteiger partial charge in [0.05, 0.1) is 12.0 Å². The van der Waals surface area contributed by atoms with Crippen LogP contribution in [0.25, 0.3) is 10.9 Å². The zero-order valence-corrected chi connectivity index (χ0v) is 17.0. The van der Waals surface area contributed by atoms with E-state index in [2.05, 4.69) is 27.0 Å². The number of aromatic nitrogens is 1. The van der Waals surface area contributed by atoms with Crippen molar-refractivity contribution in [3.63, 3.8) is 0 Å². The Bertz CT molecular complexity index is 1050. The number of aromatic amines is 1. The van der Waals surface area contributed by atoms with Crippen LogP contribution in [0.3, 0.4) is 0 Å². The van der Waals surface area contributed by atoms with E-state index < -0.39 is 12.1 Å². The van der Waals surface area contributed by atoms with Gasteiger partial charge in [0.2, 0.25) is 5.91 Å². The number of anilines is 1. The highest BCUT2D eigenvalue weighted by Gasteiger charge is 2.37. The lowest BCUT2D eigenvalue weighted by Crippen LogP contribution is -2.50. The van der Waals surface area contributed by atoms with Gasteiger partial charge in [0.15, 0.2) is 0 Å². The average Bonchev–Trinajstić information content (AvgIpc) is 3.50. The van der Waals surface area contributed by atoms with E-state index >= 15 is 0 Å². The molecule has 3 amide bonds. The molecule has 5 N–H and O–H groups in total. The van der Waals surface area contributed by atoms with Gasteiger partial charge in [-0.15, -0.1) is 0 Å². The molecule has 1 aromatic heterocycles. The minimum atomic E-state index is -1.16. The molecule has 1 unspecified atom stereocenters. The Hall–Kier alpha value is -3.54. The molecule has 9 nitrogen and oxygen atoms in total. The quantitative estimate of drug-likeness (QED) is 0.485. The molecular formula is C22H25N5O4. The van der Waals surface area contributed by atoms with Crippen LogP contribution in [0.1, 0.15) is 49.0 Å². The fourth-order valence-electron chi connectivity index (χ4n) is 4.27. The molecule has 0 bridgehead atoms. The number of amides is 3. The number of hydrogen-bond acceptors (Lipinski definition) is 4. The lowest BCUT2D eigenvalue weighted by molar-refractivity contribution is -0.127. The molecule has 0 spiro atoms. The zero-order chi connectivity index (χ0) is 22.0. The normalized spacial score (nSPS) is 21.6. The minimum Gasteiger partial charge on any atom is -0.465 e. The monoisotopic (exact) mass is 423 g/mol. The molecule has 1 aromatic carbocycles. The predicted molar refractivity (Wildman–Crippen MR) is 113 cm³/mol. The maximum absolute atomic E-state index is 12.9. The topological polar surface area (TPSA) is 147 Å². The molecule has 2 aliphatic rings. The van der Waals surface area contributed by atoms with Gasteiger partial charge in [0.1, 0.15) is 11.7 Å². The number of fused-ring (bicyclic) bond motifs is 1. The molecule has 3 atom stereocenters. The van der Waals surface area contributed by atoms with Crippen molar-refractivity contribution in [3.05, 3.63) is 30.0 Å². The Morgan fingerprint density at radius 2 is 1.90 bits per heavy atom. The van der Waals surface area contributed by atoms with Gasteiger partial charge < -0.3 is 20.7 Å². The van der Waals surface area contributed by atoms with Gasteiger partial charge in [-0.05, 0) is 55.9 Å². The zero-order valence-electron chi connectivity index (χ0n) is 17.0. The highest BCUT2D eigenvalue weighted by atomic mass is 16.4. The minimum absolute atomic E-state index is 0.163. The van der Waals surface area contributed by atoms with Crippen molar-refractivity contribution in [2.75, 3.05) is 5.32 Å². The van der Waals surface area contributed by atoms with Crippen LogP contribution in [-0.2, 0) is 4.79 Å². The SMILES string of the molecule is N#C[C@@H](NC(=O)[C@@H]1CCCCC1NC(=O)c1cc2cc(NC(=O)O)ccc2[nH]1)C1CC1. The Morgan fingerprint density at radius 1 is 1.13 bits per heavy atom. The molecule has 162 valence electrons. The summed E-state index contributed by atoms with van der Waals surface area (Å²) in [6, 6.07) is 8.06. The van der Waals surface area contributed by atoms with Crippen LogP contribution in [0.4, 0.5) is 10.5 Å². The molecule has 2 aromatic rings. The second kappa shape index (κ2) is 8.68. The van der Waals surface area contributed by atoms with Crippen molar-refractivity contribution in [1.82, 2.24) is 15.6 Å². The number of benzene rings is 1. The molecule has 9 heteroatoms. The average molecular weight is 423 g/mol. The standard InChI is InChI=1S/C22H25N5O4/c23-11-19(12-5-6-12)27-20(28)15-3-1-2-4-17(15)26-21(29)18-10-13-9-14(24-22(30)31)7-8-16(13)25-18/h7-10,12,15,17,19,24-25H,1-6H2,(H,26,29)(H,27,28)(H,30,31)/t15-,17?,19-/m1/s1. The van der Waals surface area contributed by atoms with Crippen molar-refractivity contribution >= 4 is 34.5 Å². The smallest absolute Gasteiger partial charge is 0.409 e. The van der Waals surface area contributed by atoms with Crippen molar-refractivity contribution in [2.45, 2.75) is 50.6 Å². The van der Waals surface area contributed by atoms with E-state index in [0.717, 1.165) is 25.7 Å². The summed E-state index contributed by atoms with van der Waals surface area (Å²) in [6.45, 7) is 0. The van der Waals surface area contributed by atoms with E-state index in [4.69, 9.17) is 5.11 Å². The van der Waals surface area contributed by atoms with Gasteiger partial charge in [0.25, 0.3) is 5.91 Å². The third-order valence-corrected chi connectivity index (χ3v) is 6.07. The molecule has 31 heavy (non-hydrogen) atoms. The molecule has 2 saturated carbocycles. The number of carbonyl (C=O) groups is 3. The number of carboxylic acid groups (broad SMARTS) is 1. The number of nitriles is 1. The van der Waals surface area contributed by atoms with E-state index in [-0.39, 0.29) is 29.7 Å². The van der Waals surface area contributed by atoms with Gasteiger partial charge >= 0.3 is 6.09 Å². The first-order chi connectivity index (χ1) is 14.9. The lowest BCUT2D eigenvalue weighted by atomic mass is 9.83. The van der Waals surface area contributed by atoms with Crippen LogP contribution in [0.15, 0.2) is 24.3 Å². The number of rotatable bonds is 6. The van der Waals surface area contributed by atoms with Crippen LogP contribution in [0, 0.1) is 23.2 Å². The van der Waals surface area contributed by atoms with Crippen molar-refractivity contribution < 1.29 is 19.5 Å². The molecule has 2 aliphatic carbocycles. The molecule has 4 rings (SSSR count). The molecule has 0 radical (unpaired) electrons. The molecule has 0 aliphatic heterocycles. The molecule has 1 heterocycles. The van der Waals surface area contributed by atoms with Gasteiger partial charge in [-0.3, -0.25) is 14.9 Å². The third-order valence-electron chi connectivity index (χ3n) is 6.07. The molecule has 2 fully saturated rings. The fraction of sp³-hybridized carbons (Fsp3) is 0.455. The number of nitrogens with zero attached hydrogens (tertiary/aromatic N) is 1. The summed E-state index contributed by atoms with van der Waals surface area (Å²) in [5.74, 6) is -0.586. The summed E-state index contributed by atoms with van der Waals surface area (Å²) in [5.41, 5.74) is 1.47. The third kappa shape index (κ3) is 4.79. The summed E-state index contributed by atoms with van der Waals surface area (Å²) in [6.07, 6.45) is 4.00. The van der Waals surface area contributed by atoms with E-state index in [1.165, 1.54) is 0 Å². The highest BCUT2D eigenvalue weighted by Crippen LogP contribution is 2.33. The number of nitrogens with one attached hydrogen (secondary N) is 4. The Labute approximate surface area is 179 Å². The summed E-state index contributed by atoms with van der Waals surface area (Å²) < 4.78 is 0. The van der Waals surface area contributed by atoms with E-state index in [1.54, 1.807) is 24.3 Å². The predicted octanol–water partition coefficient (Wildman–Crippen LogP) is 2.96. The summed E-state index contributed by atoms with van der Waals surface area (Å²) in [4.78, 5) is 39.6. The van der Waals surface area contributed by atoms with E-state index in [1.807, 2.05) is 0 Å². The maximum Gasteiger partial charge on any atom is 0.409 e. The molecular weight excluding hydrogens is 398 g/mol. The van der Waals surface area contributed by atoms with Crippen molar-refractivity contribution in [1.29, 1.82) is 5.26 Å². The second-order valence-electron chi connectivity index (χ2n) is 8.34. The Kier molecular flexibility index (Phi) is 5.80. The van der Waals surface area contributed by atoms with Gasteiger partial charge in [0, 0.05) is 22.6 Å². The molecule has 0 saturated heterocycles. The van der Waals surface area contributed by atoms with Crippen LogP contribution in [0.5, 0.6) is 0 Å². The summed E-state index contributed by atoms with van der Waals surface area (Å²) in [5, 5.41) is 27.0. The largest absolute Gasteiger partial charge is 0.465 e. The van der Waals surface area contributed by atoms with Gasteiger partial charge in [-0.1, -0.05) is 12.8 Å². The van der Waals surface area contributed by atoms with Crippen LogP contribution in [-0.4, -0.2) is 40.1 Å². The first kappa shape index (κ1) is 20.7. The summed E-state index contributed by atoms with van der Waals surface area (Å²) >= 11 is 0. The van der Waals surface area contributed by atoms with Crippen LogP contribution >= 0.6 is 0 Å². The van der Waals surface area contributed by atoms with E-state index in [0.29, 0.717) is 35.1 Å². The maximum atomic E-state index is 12.9. The highest BCUT2D eigenvalue weighted by molar-refractivity contribution is 5.99. The number of hydrogen-bond donors (Lipinski definition) is 5. The van der Waals surface area contributed by atoms with E-state index in [9.17, 15) is 19.6 Å². The fourth-order valence-corrected chi connectivity index (χ4v) is 4.27. The van der Waals surface area contributed by atoms with Gasteiger partial charge in [-0.2, -0.15) is 5.26 Å². The lowest BCUT2D eigenvalue weighted by Gasteiger charge is -2.31. The first-order valence-corrected chi connectivity index (χ1v) is 10.6. The number of carbonyl (C=O) groups excluding carboxylic acids is 2. The second-order valence-corrected chi connectivity index (χ2v) is 8.34. The van der Waals surface area contributed by atoms with Gasteiger partial charge in [-0.25, -0.2) is 4.79 Å². The number of H-pyrrole nitrogens is 1. The Balaban J connectivity index is 1.45.